The van der Waals surface area contributed by atoms with Crippen LogP contribution in [0.5, 0.6) is 5.75 Å². The van der Waals surface area contributed by atoms with Crippen molar-refractivity contribution in [3.8, 4) is 5.75 Å². The molecule has 0 fully saturated rings. The van der Waals surface area contributed by atoms with Crippen molar-refractivity contribution in [3.05, 3.63) is 64.7 Å². The Morgan fingerprint density at radius 2 is 1.75 bits per heavy atom. The van der Waals surface area contributed by atoms with Gasteiger partial charge in [-0.25, -0.2) is 0 Å². The molecule has 0 saturated carbocycles. The van der Waals surface area contributed by atoms with E-state index in [1.54, 1.807) is 0 Å². The van der Waals surface area contributed by atoms with Crippen molar-refractivity contribution in [3.63, 3.8) is 0 Å². The number of hydrogen-bond acceptors (Lipinski definition) is 4. The van der Waals surface area contributed by atoms with Crippen LogP contribution >= 0.6 is 0 Å². The second-order valence-corrected chi connectivity index (χ2v) is 6.03. The van der Waals surface area contributed by atoms with Crippen molar-refractivity contribution in [2.75, 3.05) is 0 Å². The fourth-order valence-corrected chi connectivity index (χ4v) is 2.91. The van der Waals surface area contributed by atoms with Gasteiger partial charge < -0.3 is 0 Å². The number of nitro benzene ring substituents is 1. The van der Waals surface area contributed by atoms with Crippen LogP contribution < -0.4 is 9.20 Å². The fourth-order valence-electron chi connectivity index (χ4n) is 1.46. The number of carbonyl (C=O) groups excluding carboxylic acids is 1. The number of ether oxygens (including phenoxy) is 1. The predicted molar refractivity (Wildman–Crippen MR) is 75.4 cm³/mol. The third-order valence-electron chi connectivity index (χ3n) is 2.38. The zero-order chi connectivity index (χ0) is 14.4. The van der Waals surface area contributed by atoms with E-state index < -0.39 is 4.92 Å². The fraction of sp³-hybridized carbons (Fsp3) is 0.0714. The van der Waals surface area contributed by atoms with Gasteiger partial charge >= 0.3 is 121 Å². The molecule has 2 aromatic carbocycles. The molecule has 0 saturated heterocycles. The molecule has 0 amide bonds. The van der Waals surface area contributed by atoms with Gasteiger partial charge in [0.15, 0.2) is 0 Å². The summed E-state index contributed by atoms with van der Waals surface area (Å²) in [5, 5.41) is 10.8. The number of carbonyl (C=O) groups is 1. The monoisotopic (exact) mass is 337 g/mol. The van der Waals surface area contributed by atoms with Crippen LogP contribution in [0, 0.1) is 10.1 Å². The van der Waals surface area contributed by atoms with E-state index in [0.717, 1.165) is 4.46 Å². The normalized spacial score (nSPS) is 10.0. The summed E-state index contributed by atoms with van der Waals surface area (Å²) < 4.78 is 6.25. The first-order valence-electron chi connectivity index (χ1n) is 5.78. The van der Waals surface area contributed by atoms with Gasteiger partial charge in [-0.1, -0.05) is 0 Å². The number of nitrogens with zero attached hydrogens (tertiary/aromatic N) is 1. The van der Waals surface area contributed by atoms with E-state index in [-0.39, 0.29) is 26.6 Å². The van der Waals surface area contributed by atoms with Crippen molar-refractivity contribution >= 4 is 31.1 Å². The van der Waals surface area contributed by atoms with Gasteiger partial charge in [0.05, 0.1) is 0 Å². The van der Waals surface area contributed by atoms with E-state index in [4.69, 9.17) is 4.74 Å². The van der Waals surface area contributed by atoms with Gasteiger partial charge in [0.2, 0.25) is 0 Å². The third-order valence-corrected chi connectivity index (χ3v) is 4.45. The Kier molecular flexibility index (Phi) is 4.87. The van der Waals surface area contributed by atoms with Gasteiger partial charge in [0.25, 0.3) is 0 Å². The maximum absolute atomic E-state index is 11.7. The average Bonchev–Trinajstić information content (AvgIpc) is 2.47. The molecule has 0 aliphatic carbocycles. The van der Waals surface area contributed by atoms with Gasteiger partial charge in [0.1, 0.15) is 0 Å². The van der Waals surface area contributed by atoms with Crippen molar-refractivity contribution in [1.82, 2.24) is 0 Å². The molecule has 2 aromatic rings. The van der Waals surface area contributed by atoms with Crippen LogP contribution in [0.15, 0.2) is 54.6 Å². The Bertz CT molecular complexity index is 598. The first-order valence-corrected chi connectivity index (χ1v) is 7.85. The predicted octanol–water partition coefficient (Wildman–Crippen LogP) is 1.95. The quantitative estimate of drug-likeness (QED) is 0.275. The average molecular weight is 336 g/mol. The standard InChI is InChI=1S/C14H11NO4Se/c16-14(10-20-13-4-2-1-3-5-13)19-12-8-6-11(7-9-12)15(17)18/h1-9H,10H2. The van der Waals surface area contributed by atoms with Crippen LogP contribution in [0.1, 0.15) is 0 Å². The summed E-state index contributed by atoms with van der Waals surface area (Å²) in [7, 11) is 0. The van der Waals surface area contributed by atoms with Crippen LogP contribution in [0.2, 0.25) is 5.32 Å². The molecule has 5 nitrogen and oxygen atoms in total. The van der Waals surface area contributed by atoms with Gasteiger partial charge in [-0.05, 0) is 0 Å². The molecule has 6 heteroatoms. The molecule has 0 aliphatic heterocycles. The molecule has 102 valence electrons. The van der Waals surface area contributed by atoms with E-state index >= 15 is 0 Å². The van der Waals surface area contributed by atoms with E-state index in [0.29, 0.717) is 11.1 Å². The molecule has 0 unspecified atom stereocenters. The Hall–Kier alpha value is -2.17. The molecular formula is C14H11NO4Se. The van der Waals surface area contributed by atoms with Gasteiger partial charge in [-0.15, -0.1) is 0 Å². The zero-order valence-electron chi connectivity index (χ0n) is 10.4. The minimum absolute atomic E-state index is 0.0269. The van der Waals surface area contributed by atoms with Crippen LogP contribution in [0.4, 0.5) is 5.69 Å². The van der Waals surface area contributed by atoms with Crippen molar-refractivity contribution < 1.29 is 14.5 Å². The number of esters is 1. The minimum atomic E-state index is -0.496. The molecule has 0 bridgehead atoms. The van der Waals surface area contributed by atoms with E-state index in [9.17, 15) is 14.9 Å². The van der Waals surface area contributed by atoms with E-state index in [1.165, 1.54) is 24.3 Å². The summed E-state index contributed by atoms with van der Waals surface area (Å²) in [6.07, 6.45) is 0. The van der Waals surface area contributed by atoms with Gasteiger partial charge in [0, 0.05) is 0 Å². The third kappa shape index (κ3) is 4.19. The molecule has 0 aliphatic rings. The summed E-state index contributed by atoms with van der Waals surface area (Å²) in [5.41, 5.74) is -0.0293. The number of hydrogen-bond donors (Lipinski definition) is 0. The molecule has 0 atom stereocenters. The number of nitro groups is 1. The Balaban J connectivity index is 1.86. The van der Waals surface area contributed by atoms with E-state index in [1.807, 2.05) is 30.3 Å². The number of non-ortho nitro benzene ring substituents is 1. The summed E-state index contributed by atoms with van der Waals surface area (Å²) in [6.45, 7) is 0. The summed E-state index contributed by atoms with van der Waals surface area (Å²) in [6, 6.07) is 15.2. The van der Waals surface area contributed by atoms with E-state index in [2.05, 4.69) is 0 Å². The van der Waals surface area contributed by atoms with Crippen molar-refractivity contribution in [2.45, 2.75) is 5.32 Å². The number of rotatable bonds is 5. The molecule has 0 N–H and O–H groups in total. The number of benzene rings is 2. The van der Waals surface area contributed by atoms with Crippen molar-refractivity contribution in [1.29, 1.82) is 0 Å². The van der Waals surface area contributed by atoms with Crippen molar-refractivity contribution in [2.24, 2.45) is 0 Å². The molecular weight excluding hydrogens is 325 g/mol. The Labute approximate surface area is 121 Å². The first kappa shape index (κ1) is 14.2. The SMILES string of the molecule is O=C(C[Se]c1ccccc1)Oc1ccc([N+](=O)[O-])cc1. The molecule has 0 spiro atoms. The molecule has 0 radical (unpaired) electrons. The van der Waals surface area contributed by atoms with Gasteiger partial charge in [-0.3, -0.25) is 0 Å². The molecule has 0 heterocycles. The van der Waals surface area contributed by atoms with Crippen LogP contribution in [-0.2, 0) is 4.79 Å². The topological polar surface area (TPSA) is 69.4 Å². The van der Waals surface area contributed by atoms with Crippen LogP contribution in [0.25, 0.3) is 0 Å². The zero-order valence-corrected chi connectivity index (χ0v) is 12.1. The first-order chi connectivity index (χ1) is 9.65. The second-order valence-electron chi connectivity index (χ2n) is 3.83. The second kappa shape index (κ2) is 6.84. The van der Waals surface area contributed by atoms with Crippen LogP contribution in [-0.4, -0.2) is 25.8 Å². The summed E-state index contributed by atoms with van der Waals surface area (Å²) in [5.74, 6) is -0.00725. The molecule has 2 rings (SSSR count). The summed E-state index contributed by atoms with van der Waals surface area (Å²) in [4.78, 5) is 21.7. The maximum atomic E-state index is 11.7. The van der Waals surface area contributed by atoms with Gasteiger partial charge in [-0.2, -0.15) is 0 Å². The molecule has 0 aromatic heterocycles. The van der Waals surface area contributed by atoms with Crippen LogP contribution in [0.3, 0.4) is 0 Å². The summed E-state index contributed by atoms with van der Waals surface area (Å²) >= 11 is 0.0269. The Morgan fingerprint density at radius 3 is 2.35 bits per heavy atom. The molecule has 20 heavy (non-hydrogen) atoms. The Morgan fingerprint density at radius 1 is 1.10 bits per heavy atom.